The van der Waals surface area contributed by atoms with Crippen LogP contribution in [0.2, 0.25) is 0 Å². The summed E-state index contributed by atoms with van der Waals surface area (Å²) in [6, 6.07) is 16.7. The van der Waals surface area contributed by atoms with Gasteiger partial charge in [-0.15, -0.1) is 0 Å². The molecule has 0 saturated heterocycles. The van der Waals surface area contributed by atoms with Gasteiger partial charge >= 0.3 is 0 Å². The Bertz CT molecular complexity index is 710. The molecule has 208 valence electrons. The van der Waals surface area contributed by atoms with Crippen LogP contribution in [-0.2, 0) is 57.0 Å². The van der Waals surface area contributed by atoms with Crippen molar-refractivity contribution in [2.45, 2.75) is 23.9 Å². The topological polar surface area (TPSA) is 64.6 Å². The molecule has 7 nitrogen and oxygen atoms in total. The van der Waals surface area contributed by atoms with Gasteiger partial charge in [-0.2, -0.15) is 0 Å². The molecule has 0 N–H and O–H groups in total. The van der Waals surface area contributed by atoms with Crippen molar-refractivity contribution >= 4 is 31.9 Å². The van der Waals surface area contributed by atoms with E-state index >= 15 is 0 Å². The molecule has 0 aliphatic carbocycles. The first-order valence-corrected chi connectivity index (χ1v) is 14.9. The summed E-state index contributed by atoms with van der Waals surface area (Å²) in [6.07, 6.45) is 0. The van der Waals surface area contributed by atoms with Gasteiger partial charge in [0.2, 0.25) is 0 Å². The minimum Gasteiger partial charge on any atom is -0.377 e. The molecule has 2 rings (SSSR count). The molecule has 0 spiro atoms. The third kappa shape index (κ3) is 17.4. The molecule has 37 heavy (non-hydrogen) atoms. The predicted molar refractivity (Wildman–Crippen MR) is 152 cm³/mol. The molecule has 0 amide bonds. The number of halogens is 2. The summed E-state index contributed by atoms with van der Waals surface area (Å²) in [5, 5.41) is 1.74. The monoisotopic (exact) mass is 646 g/mol. The van der Waals surface area contributed by atoms with Crippen molar-refractivity contribution in [1.82, 2.24) is 0 Å². The first kappa shape index (κ1) is 32.3. The van der Waals surface area contributed by atoms with Crippen LogP contribution in [-0.4, -0.2) is 79.3 Å². The van der Waals surface area contributed by atoms with Gasteiger partial charge in [-0.05, 0) is 22.3 Å². The van der Waals surface area contributed by atoms with Crippen molar-refractivity contribution in [3.05, 3.63) is 70.8 Å². The van der Waals surface area contributed by atoms with Gasteiger partial charge in [-0.25, -0.2) is 0 Å². The highest BCUT2D eigenvalue weighted by atomic mass is 79.9. The Kier molecular flexibility index (Phi) is 20.1. The Morgan fingerprint density at radius 2 is 0.541 bits per heavy atom. The Morgan fingerprint density at radius 3 is 0.784 bits per heavy atom. The molecule has 0 radical (unpaired) electrons. The SMILES string of the molecule is BrCc1ccc(COCCOCCOCCOCCOCCOCCOCc2ccc(CBr)cc2)cc1. The van der Waals surface area contributed by atoms with E-state index in [9.17, 15) is 0 Å². The first-order chi connectivity index (χ1) is 18.3. The van der Waals surface area contributed by atoms with Gasteiger partial charge in [0.1, 0.15) is 0 Å². The second-order valence-corrected chi connectivity index (χ2v) is 9.19. The van der Waals surface area contributed by atoms with Gasteiger partial charge in [0.15, 0.2) is 0 Å². The molecule has 0 fully saturated rings. The van der Waals surface area contributed by atoms with Crippen LogP contribution >= 0.6 is 31.9 Å². The fourth-order valence-electron chi connectivity index (χ4n) is 3.05. The number of hydrogen-bond donors (Lipinski definition) is 0. The standard InChI is InChI=1S/C28H40Br2O7/c29-21-25-1-5-27(6-2-25)23-36-19-17-34-15-13-32-11-9-31-10-12-33-14-16-35-18-20-37-24-28-7-3-26(22-30)4-8-28/h1-8H,9-24H2. The smallest absolute Gasteiger partial charge is 0.0718 e. The van der Waals surface area contributed by atoms with E-state index in [-0.39, 0.29) is 0 Å². The van der Waals surface area contributed by atoms with Gasteiger partial charge in [-0.1, -0.05) is 80.4 Å². The van der Waals surface area contributed by atoms with Crippen molar-refractivity contribution in [3.8, 4) is 0 Å². The fourth-order valence-corrected chi connectivity index (χ4v) is 3.79. The van der Waals surface area contributed by atoms with E-state index in [2.05, 4.69) is 80.4 Å². The number of benzene rings is 2. The zero-order chi connectivity index (χ0) is 26.2. The summed E-state index contributed by atoms with van der Waals surface area (Å²) in [6.45, 7) is 7.74. The normalized spacial score (nSPS) is 11.3. The highest BCUT2D eigenvalue weighted by Gasteiger charge is 1.98. The molecule has 0 heterocycles. The maximum Gasteiger partial charge on any atom is 0.0718 e. The van der Waals surface area contributed by atoms with Gasteiger partial charge in [0.25, 0.3) is 0 Å². The highest BCUT2D eigenvalue weighted by molar-refractivity contribution is 9.08. The lowest BCUT2D eigenvalue weighted by atomic mass is 10.2. The minimum absolute atomic E-state index is 0.535. The summed E-state index contributed by atoms with van der Waals surface area (Å²) >= 11 is 6.89. The van der Waals surface area contributed by atoms with E-state index in [1.54, 1.807) is 0 Å². The third-order valence-electron chi connectivity index (χ3n) is 5.12. The number of hydrogen-bond acceptors (Lipinski definition) is 7. The van der Waals surface area contributed by atoms with Crippen LogP contribution in [0.1, 0.15) is 22.3 Å². The molecule has 2 aromatic carbocycles. The molecule has 0 bridgehead atoms. The van der Waals surface area contributed by atoms with Crippen LogP contribution in [0, 0.1) is 0 Å². The molecule has 2 aromatic rings. The average molecular weight is 648 g/mol. The van der Waals surface area contributed by atoms with Crippen molar-refractivity contribution in [2.24, 2.45) is 0 Å². The van der Waals surface area contributed by atoms with Gasteiger partial charge in [0.05, 0.1) is 92.5 Å². The Balaban J connectivity index is 1.23. The maximum absolute atomic E-state index is 5.62. The maximum atomic E-state index is 5.62. The van der Waals surface area contributed by atoms with Crippen molar-refractivity contribution < 1.29 is 33.2 Å². The average Bonchev–Trinajstić information content (AvgIpc) is 2.94. The van der Waals surface area contributed by atoms with Crippen LogP contribution < -0.4 is 0 Å². The van der Waals surface area contributed by atoms with Crippen molar-refractivity contribution in [3.63, 3.8) is 0 Å². The van der Waals surface area contributed by atoms with Gasteiger partial charge in [0, 0.05) is 10.7 Å². The van der Waals surface area contributed by atoms with E-state index in [0.29, 0.717) is 92.5 Å². The fraction of sp³-hybridized carbons (Fsp3) is 0.571. The molecule has 0 aliphatic rings. The number of alkyl halides is 2. The Hall–Kier alpha value is -0.880. The molecule has 9 heteroatoms. The van der Waals surface area contributed by atoms with E-state index in [4.69, 9.17) is 33.2 Å². The summed E-state index contributed by atoms with van der Waals surface area (Å²) in [4.78, 5) is 0. The van der Waals surface area contributed by atoms with Gasteiger partial charge in [-0.3, -0.25) is 0 Å². The van der Waals surface area contributed by atoms with E-state index in [0.717, 1.165) is 21.8 Å². The number of ether oxygens (including phenoxy) is 7. The van der Waals surface area contributed by atoms with Crippen LogP contribution in [0.4, 0.5) is 0 Å². The van der Waals surface area contributed by atoms with E-state index < -0.39 is 0 Å². The lowest BCUT2D eigenvalue weighted by Gasteiger charge is -2.09. The molecule has 0 aliphatic heterocycles. The molecule has 0 saturated carbocycles. The van der Waals surface area contributed by atoms with E-state index in [1.807, 2.05) is 0 Å². The summed E-state index contributed by atoms with van der Waals surface area (Å²) in [5.41, 5.74) is 4.84. The third-order valence-corrected chi connectivity index (χ3v) is 6.42. The quantitative estimate of drug-likeness (QED) is 0.113. The second-order valence-electron chi connectivity index (χ2n) is 8.07. The largest absolute Gasteiger partial charge is 0.377 e. The predicted octanol–water partition coefficient (Wildman–Crippen LogP) is 5.29. The lowest BCUT2D eigenvalue weighted by Crippen LogP contribution is -2.14. The summed E-state index contributed by atoms with van der Waals surface area (Å²) in [5.74, 6) is 0. The zero-order valence-corrected chi connectivity index (χ0v) is 24.7. The molecule has 0 unspecified atom stereocenters. The van der Waals surface area contributed by atoms with Crippen molar-refractivity contribution in [1.29, 1.82) is 0 Å². The Labute approximate surface area is 238 Å². The van der Waals surface area contributed by atoms with Crippen LogP contribution in [0.5, 0.6) is 0 Å². The van der Waals surface area contributed by atoms with E-state index in [1.165, 1.54) is 11.1 Å². The number of rotatable bonds is 24. The van der Waals surface area contributed by atoms with Crippen LogP contribution in [0.3, 0.4) is 0 Å². The summed E-state index contributed by atoms with van der Waals surface area (Å²) in [7, 11) is 0. The lowest BCUT2D eigenvalue weighted by molar-refractivity contribution is -0.0217. The molecule has 0 aromatic heterocycles. The van der Waals surface area contributed by atoms with Crippen molar-refractivity contribution in [2.75, 3.05) is 79.3 Å². The molecule has 0 atom stereocenters. The minimum atomic E-state index is 0.535. The highest BCUT2D eigenvalue weighted by Crippen LogP contribution is 2.09. The summed E-state index contributed by atoms with van der Waals surface area (Å²) < 4.78 is 38.7. The molecular weight excluding hydrogens is 608 g/mol. The van der Waals surface area contributed by atoms with Crippen LogP contribution in [0.25, 0.3) is 0 Å². The van der Waals surface area contributed by atoms with Gasteiger partial charge < -0.3 is 33.2 Å². The molecular formula is C28H40Br2O7. The zero-order valence-electron chi connectivity index (χ0n) is 21.5. The second kappa shape index (κ2) is 23.0. The van der Waals surface area contributed by atoms with Crippen LogP contribution in [0.15, 0.2) is 48.5 Å². The first-order valence-electron chi connectivity index (χ1n) is 12.6. The Morgan fingerprint density at radius 1 is 0.324 bits per heavy atom.